The lowest BCUT2D eigenvalue weighted by Crippen LogP contribution is -2.19. The van der Waals surface area contributed by atoms with E-state index in [4.69, 9.17) is 5.73 Å². The second kappa shape index (κ2) is 7.81. The SMILES string of the molecule is Cc1cc(N)nc(SC(C(=O)Nc2ccccc2)c2ccccc2)n1. The van der Waals surface area contributed by atoms with Crippen LogP contribution in [0.15, 0.2) is 71.9 Å². The number of carbonyl (C=O) groups is 1. The number of nitrogens with zero attached hydrogens (tertiary/aromatic N) is 2. The number of rotatable bonds is 5. The number of nitrogens with one attached hydrogen (secondary N) is 1. The molecule has 6 heteroatoms. The molecule has 0 bridgehead atoms. The van der Waals surface area contributed by atoms with Crippen LogP contribution in [0.3, 0.4) is 0 Å². The van der Waals surface area contributed by atoms with Crippen LogP contribution < -0.4 is 11.1 Å². The van der Waals surface area contributed by atoms with E-state index in [9.17, 15) is 4.79 Å². The average molecular weight is 350 g/mol. The number of nitrogens with two attached hydrogens (primary N) is 1. The molecular weight excluding hydrogens is 332 g/mol. The third-order valence-corrected chi connectivity index (χ3v) is 4.57. The molecule has 5 nitrogen and oxygen atoms in total. The summed E-state index contributed by atoms with van der Waals surface area (Å²) in [6.07, 6.45) is 0. The summed E-state index contributed by atoms with van der Waals surface area (Å²) in [4.78, 5) is 21.5. The first-order valence-corrected chi connectivity index (χ1v) is 8.68. The summed E-state index contributed by atoms with van der Waals surface area (Å²) in [5, 5.41) is 2.94. The van der Waals surface area contributed by atoms with Crippen LogP contribution >= 0.6 is 11.8 Å². The number of amides is 1. The van der Waals surface area contributed by atoms with Crippen molar-refractivity contribution in [2.24, 2.45) is 0 Å². The van der Waals surface area contributed by atoms with Crippen LogP contribution in [0, 0.1) is 6.92 Å². The van der Waals surface area contributed by atoms with Crippen molar-refractivity contribution in [3.05, 3.63) is 78.0 Å². The van der Waals surface area contributed by atoms with E-state index in [1.807, 2.05) is 67.6 Å². The molecule has 0 radical (unpaired) electrons. The fraction of sp³-hybridized carbons (Fsp3) is 0.105. The van der Waals surface area contributed by atoms with Crippen molar-refractivity contribution < 1.29 is 4.79 Å². The molecule has 0 fully saturated rings. The third-order valence-electron chi connectivity index (χ3n) is 3.46. The van der Waals surface area contributed by atoms with Crippen LogP contribution in [0.25, 0.3) is 0 Å². The van der Waals surface area contributed by atoms with Crippen LogP contribution in [0.2, 0.25) is 0 Å². The van der Waals surface area contributed by atoms with Gasteiger partial charge in [0.05, 0.1) is 0 Å². The summed E-state index contributed by atoms with van der Waals surface area (Å²) in [5.41, 5.74) is 8.21. The van der Waals surface area contributed by atoms with Crippen molar-refractivity contribution in [3.8, 4) is 0 Å². The zero-order valence-corrected chi connectivity index (χ0v) is 14.5. The second-order valence-corrected chi connectivity index (χ2v) is 6.55. The molecule has 2 aromatic carbocycles. The van der Waals surface area contributed by atoms with Crippen molar-refractivity contribution in [1.82, 2.24) is 9.97 Å². The van der Waals surface area contributed by atoms with Crippen molar-refractivity contribution in [3.63, 3.8) is 0 Å². The largest absolute Gasteiger partial charge is 0.384 e. The molecule has 25 heavy (non-hydrogen) atoms. The molecule has 3 aromatic rings. The van der Waals surface area contributed by atoms with Gasteiger partial charge in [0.2, 0.25) is 5.91 Å². The minimum atomic E-state index is -0.484. The van der Waals surface area contributed by atoms with Crippen molar-refractivity contribution in [2.45, 2.75) is 17.3 Å². The van der Waals surface area contributed by atoms with Crippen molar-refractivity contribution in [2.75, 3.05) is 11.1 Å². The maximum absolute atomic E-state index is 12.9. The number of nitrogen functional groups attached to an aromatic ring is 1. The van der Waals surface area contributed by atoms with Crippen molar-refractivity contribution in [1.29, 1.82) is 0 Å². The molecular formula is C19H18N4OS. The summed E-state index contributed by atoms with van der Waals surface area (Å²) in [5.74, 6) is 0.261. The summed E-state index contributed by atoms with van der Waals surface area (Å²) < 4.78 is 0. The van der Waals surface area contributed by atoms with Crippen molar-refractivity contribution >= 4 is 29.2 Å². The van der Waals surface area contributed by atoms with Crippen LogP contribution in [-0.4, -0.2) is 15.9 Å². The van der Waals surface area contributed by atoms with E-state index in [1.165, 1.54) is 11.8 Å². The lowest BCUT2D eigenvalue weighted by Gasteiger charge is -2.16. The molecule has 0 aliphatic rings. The molecule has 1 heterocycles. The quantitative estimate of drug-likeness (QED) is 0.540. The highest BCUT2D eigenvalue weighted by Crippen LogP contribution is 2.34. The highest BCUT2D eigenvalue weighted by molar-refractivity contribution is 8.00. The summed E-state index contributed by atoms with van der Waals surface area (Å²) in [6.45, 7) is 1.85. The van der Waals surface area contributed by atoms with Gasteiger partial charge in [0.15, 0.2) is 5.16 Å². The molecule has 0 saturated carbocycles. The zero-order valence-electron chi connectivity index (χ0n) is 13.7. The lowest BCUT2D eigenvalue weighted by molar-refractivity contribution is -0.115. The fourth-order valence-corrected chi connectivity index (χ4v) is 3.38. The number of hydrogen-bond acceptors (Lipinski definition) is 5. The second-order valence-electron chi connectivity index (χ2n) is 5.48. The van der Waals surface area contributed by atoms with Crippen LogP contribution in [0.5, 0.6) is 0 Å². The minimum absolute atomic E-state index is 0.133. The van der Waals surface area contributed by atoms with Gasteiger partial charge in [-0.2, -0.15) is 0 Å². The zero-order chi connectivity index (χ0) is 17.6. The van der Waals surface area contributed by atoms with Crippen LogP contribution in [0.1, 0.15) is 16.5 Å². The first-order valence-electron chi connectivity index (χ1n) is 7.80. The summed E-state index contributed by atoms with van der Waals surface area (Å²) >= 11 is 1.28. The number of para-hydroxylation sites is 1. The molecule has 0 aliphatic heterocycles. The number of hydrogen-bond donors (Lipinski definition) is 2. The van der Waals surface area contributed by atoms with E-state index in [1.54, 1.807) is 6.07 Å². The van der Waals surface area contributed by atoms with E-state index in [0.717, 1.165) is 16.9 Å². The Labute approximate surface area is 150 Å². The number of thioether (sulfide) groups is 1. The summed E-state index contributed by atoms with van der Waals surface area (Å²) in [7, 11) is 0. The summed E-state index contributed by atoms with van der Waals surface area (Å²) in [6, 6.07) is 20.6. The lowest BCUT2D eigenvalue weighted by atomic mass is 10.1. The first kappa shape index (κ1) is 17.0. The van der Waals surface area contributed by atoms with Crippen LogP contribution in [0.4, 0.5) is 11.5 Å². The number of aryl methyl sites for hydroxylation is 1. The standard InChI is InChI=1S/C19H18N4OS/c1-13-12-16(20)23-19(21-13)25-17(14-8-4-2-5-9-14)18(24)22-15-10-6-3-7-11-15/h2-12,17H,1H3,(H,22,24)(H2,20,21,23). The molecule has 1 amide bonds. The molecule has 1 atom stereocenters. The number of anilines is 2. The van der Waals surface area contributed by atoms with Gasteiger partial charge in [0.1, 0.15) is 11.1 Å². The van der Waals surface area contributed by atoms with E-state index in [2.05, 4.69) is 15.3 Å². The topological polar surface area (TPSA) is 80.9 Å². The van der Waals surface area contributed by atoms with Gasteiger partial charge in [-0.1, -0.05) is 60.3 Å². The highest BCUT2D eigenvalue weighted by atomic mass is 32.2. The van der Waals surface area contributed by atoms with E-state index in [0.29, 0.717) is 11.0 Å². The fourth-order valence-electron chi connectivity index (χ4n) is 2.35. The van der Waals surface area contributed by atoms with Gasteiger partial charge >= 0.3 is 0 Å². The highest BCUT2D eigenvalue weighted by Gasteiger charge is 2.23. The minimum Gasteiger partial charge on any atom is -0.384 e. The van der Waals surface area contributed by atoms with Gasteiger partial charge in [-0.05, 0) is 24.6 Å². The Hall–Kier alpha value is -2.86. The van der Waals surface area contributed by atoms with Gasteiger partial charge in [-0.25, -0.2) is 9.97 Å². The smallest absolute Gasteiger partial charge is 0.242 e. The number of aromatic nitrogens is 2. The molecule has 126 valence electrons. The molecule has 0 spiro atoms. The monoisotopic (exact) mass is 350 g/mol. The normalized spacial score (nSPS) is 11.7. The van der Waals surface area contributed by atoms with E-state index < -0.39 is 5.25 Å². The average Bonchev–Trinajstić information content (AvgIpc) is 2.60. The van der Waals surface area contributed by atoms with E-state index in [-0.39, 0.29) is 5.91 Å². The molecule has 0 aliphatic carbocycles. The predicted octanol–water partition coefficient (Wildman–Crippen LogP) is 3.84. The molecule has 3 N–H and O–H groups in total. The maximum Gasteiger partial charge on any atom is 0.242 e. The Morgan fingerprint density at radius 3 is 2.32 bits per heavy atom. The van der Waals surface area contributed by atoms with Crippen LogP contribution in [-0.2, 0) is 4.79 Å². The Bertz CT molecular complexity index is 836. The van der Waals surface area contributed by atoms with E-state index >= 15 is 0 Å². The Morgan fingerprint density at radius 1 is 1.04 bits per heavy atom. The Morgan fingerprint density at radius 2 is 1.68 bits per heavy atom. The third kappa shape index (κ3) is 4.58. The molecule has 1 aromatic heterocycles. The maximum atomic E-state index is 12.9. The number of carbonyl (C=O) groups excluding carboxylic acids is 1. The van der Waals surface area contributed by atoms with Gasteiger partial charge in [0.25, 0.3) is 0 Å². The van der Waals surface area contributed by atoms with Gasteiger partial charge in [-0.3, -0.25) is 4.79 Å². The van der Waals surface area contributed by atoms with Gasteiger partial charge in [-0.15, -0.1) is 0 Å². The number of benzene rings is 2. The molecule has 3 rings (SSSR count). The molecule has 1 unspecified atom stereocenters. The first-order chi connectivity index (χ1) is 12.1. The Balaban J connectivity index is 1.88. The molecule has 0 saturated heterocycles. The predicted molar refractivity (Wildman–Crippen MR) is 101 cm³/mol. The Kier molecular flexibility index (Phi) is 5.30. The van der Waals surface area contributed by atoms with Gasteiger partial charge in [0, 0.05) is 17.4 Å². The van der Waals surface area contributed by atoms with Gasteiger partial charge < -0.3 is 11.1 Å².